The van der Waals surface area contributed by atoms with Crippen molar-refractivity contribution in [3.63, 3.8) is 0 Å². The molecule has 0 fully saturated rings. The SMILES string of the molecule is CC(=O)N1Cc2cccc(C)c2C=Cc2ccccc21. The van der Waals surface area contributed by atoms with Crippen molar-refractivity contribution in [2.45, 2.75) is 20.4 Å². The third-order valence-electron chi connectivity index (χ3n) is 3.78. The third kappa shape index (κ3) is 2.14. The lowest BCUT2D eigenvalue weighted by Crippen LogP contribution is -2.29. The van der Waals surface area contributed by atoms with Gasteiger partial charge in [0.25, 0.3) is 0 Å². The van der Waals surface area contributed by atoms with Gasteiger partial charge in [0, 0.05) is 6.92 Å². The Bertz CT molecular complexity index is 700. The predicted molar refractivity (Wildman–Crippen MR) is 83.4 cm³/mol. The highest BCUT2D eigenvalue weighted by Crippen LogP contribution is 2.29. The minimum atomic E-state index is 0.0696. The normalized spacial score (nSPS) is 13.2. The van der Waals surface area contributed by atoms with Gasteiger partial charge in [-0.1, -0.05) is 48.6 Å². The number of rotatable bonds is 0. The van der Waals surface area contributed by atoms with E-state index < -0.39 is 0 Å². The highest BCUT2D eigenvalue weighted by atomic mass is 16.2. The number of para-hydroxylation sites is 1. The van der Waals surface area contributed by atoms with Crippen LogP contribution in [0.3, 0.4) is 0 Å². The molecule has 2 heteroatoms. The monoisotopic (exact) mass is 263 g/mol. The molecule has 0 aromatic heterocycles. The summed E-state index contributed by atoms with van der Waals surface area (Å²) >= 11 is 0. The lowest BCUT2D eigenvalue weighted by Gasteiger charge is -2.26. The molecule has 3 rings (SSSR count). The van der Waals surface area contributed by atoms with Crippen molar-refractivity contribution in [1.82, 2.24) is 0 Å². The molecular weight excluding hydrogens is 246 g/mol. The van der Waals surface area contributed by atoms with E-state index in [2.05, 4.69) is 31.2 Å². The molecule has 0 unspecified atom stereocenters. The number of hydrogen-bond donors (Lipinski definition) is 0. The summed E-state index contributed by atoms with van der Waals surface area (Å²) in [6, 6.07) is 14.3. The van der Waals surface area contributed by atoms with Gasteiger partial charge in [0.2, 0.25) is 5.91 Å². The van der Waals surface area contributed by atoms with Crippen molar-refractivity contribution < 1.29 is 4.79 Å². The van der Waals surface area contributed by atoms with Crippen molar-refractivity contribution >= 4 is 23.7 Å². The van der Waals surface area contributed by atoms with E-state index in [1.54, 1.807) is 6.92 Å². The van der Waals surface area contributed by atoms with Gasteiger partial charge in [-0.2, -0.15) is 0 Å². The molecule has 0 atom stereocenters. The van der Waals surface area contributed by atoms with E-state index in [9.17, 15) is 4.79 Å². The number of fused-ring (bicyclic) bond motifs is 2. The largest absolute Gasteiger partial charge is 0.308 e. The van der Waals surface area contributed by atoms with Crippen LogP contribution < -0.4 is 4.90 Å². The fourth-order valence-corrected chi connectivity index (χ4v) is 2.70. The molecule has 0 bridgehead atoms. The van der Waals surface area contributed by atoms with Crippen LogP contribution >= 0.6 is 0 Å². The molecular formula is C18H17NO. The topological polar surface area (TPSA) is 20.3 Å². The predicted octanol–water partition coefficient (Wildman–Crippen LogP) is 4.03. The van der Waals surface area contributed by atoms with Gasteiger partial charge in [-0.05, 0) is 35.2 Å². The van der Waals surface area contributed by atoms with E-state index in [4.69, 9.17) is 0 Å². The van der Waals surface area contributed by atoms with Gasteiger partial charge in [-0.15, -0.1) is 0 Å². The Hall–Kier alpha value is -2.35. The fourth-order valence-electron chi connectivity index (χ4n) is 2.70. The molecule has 0 saturated carbocycles. The van der Waals surface area contributed by atoms with Crippen molar-refractivity contribution in [2.75, 3.05) is 4.90 Å². The van der Waals surface area contributed by atoms with Crippen LogP contribution in [0.25, 0.3) is 12.2 Å². The number of aryl methyl sites for hydroxylation is 1. The maximum absolute atomic E-state index is 12.0. The molecule has 1 heterocycles. The molecule has 1 aliphatic heterocycles. The molecule has 100 valence electrons. The first kappa shape index (κ1) is 12.7. The summed E-state index contributed by atoms with van der Waals surface area (Å²) in [5, 5.41) is 0. The zero-order chi connectivity index (χ0) is 14.1. The van der Waals surface area contributed by atoms with Crippen molar-refractivity contribution in [3.05, 3.63) is 64.7 Å². The quantitative estimate of drug-likeness (QED) is 0.702. The lowest BCUT2D eigenvalue weighted by atomic mass is 9.97. The Morgan fingerprint density at radius 1 is 1.05 bits per heavy atom. The number of carbonyl (C=O) groups is 1. The van der Waals surface area contributed by atoms with Gasteiger partial charge in [0.1, 0.15) is 0 Å². The molecule has 0 spiro atoms. The van der Waals surface area contributed by atoms with Gasteiger partial charge in [0.15, 0.2) is 0 Å². The Kier molecular flexibility index (Phi) is 3.15. The average molecular weight is 263 g/mol. The zero-order valence-electron chi connectivity index (χ0n) is 11.8. The molecule has 2 aromatic carbocycles. The van der Waals surface area contributed by atoms with Crippen LogP contribution in [0.1, 0.15) is 29.2 Å². The first-order chi connectivity index (χ1) is 9.66. The van der Waals surface area contributed by atoms with E-state index in [-0.39, 0.29) is 5.91 Å². The number of nitrogens with zero attached hydrogens (tertiary/aromatic N) is 1. The summed E-state index contributed by atoms with van der Waals surface area (Å²) in [6.45, 7) is 4.35. The molecule has 0 aliphatic carbocycles. The second kappa shape index (κ2) is 4.97. The van der Waals surface area contributed by atoms with Gasteiger partial charge in [-0.25, -0.2) is 0 Å². The van der Waals surface area contributed by atoms with E-state index in [1.807, 2.05) is 35.2 Å². The molecule has 0 saturated heterocycles. The minimum Gasteiger partial charge on any atom is -0.308 e. The summed E-state index contributed by atoms with van der Waals surface area (Å²) < 4.78 is 0. The van der Waals surface area contributed by atoms with Gasteiger partial charge < -0.3 is 4.90 Å². The summed E-state index contributed by atoms with van der Waals surface area (Å²) in [4.78, 5) is 13.9. The van der Waals surface area contributed by atoms with E-state index in [0.717, 1.165) is 11.3 Å². The molecule has 0 N–H and O–H groups in total. The van der Waals surface area contributed by atoms with E-state index >= 15 is 0 Å². The minimum absolute atomic E-state index is 0.0696. The maximum Gasteiger partial charge on any atom is 0.224 e. The van der Waals surface area contributed by atoms with E-state index in [0.29, 0.717) is 6.54 Å². The highest BCUT2D eigenvalue weighted by Gasteiger charge is 2.18. The fraction of sp³-hybridized carbons (Fsp3) is 0.167. The smallest absolute Gasteiger partial charge is 0.224 e. The highest BCUT2D eigenvalue weighted by molar-refractivity contribution is 5.95. The zero-order valence-corrected chi connectivity index (χ0v) is 11.8. The molecule has 20 heavy (non-hydrogen) atoms. The second-order valence-electron chi connectivity index (χ2n) is 5.15. The van der Waals surface area contributed by atoms with Crippen LogP contribution in [0.4, 0.5) is 5.69 Å². The molecule has 1 amide bonds. The van der Waals surface area contributed by atoms with Crippen molar-refractivity contribution in [2.24, 2.45) is 0 Å². The number of anilines is 1. The van der Waals surface area contributed by atoms with Crippen LogP contribution in [-0.2, 0) is 11.3 Å². The van der Waals surface area contributed by atoms with Crippen LogP contribution in [0.2, 0.25) is 0 Å². The number of hydrogen-bond acceptors (Lipinski definition) is 1. The van der Waals surface area contributed by atoms with E-state index in [1.165, 1.54) is 16.7 Å². The molecule has 2 nitrogen and oxygen atoms in total. The van der Waals surface area contributed by atoms with Crippen LogP contribution in [-0.4, -0.2) is 5.91 Å². The van der Waals surface area contributed by atoms with Crippen LogP contribution in [0.15, 0.2) is 42.5 Å². The summed E-state index contributed by atoms with van der Waals surface area (Å²) in [6.07, 6.45) is 4.25. The third-order valence-corrected chi connectivity index (χ3v) is 3.78. The Morgan fingerprint density at radius 2 is 1.85 bits per heavy atom. The number of benzene rings is 2. The summed E-state index contributed by atoms with van der Waals surface area (Å²) in [5.41, 5.74) is 5.70. The summed E-state index contributed by atoms with van der Waals surface area (Å²) in [7, 11) is 0. The number of amides is 1. The Balaban J connectivity index is 2.22. The van der Waals surface area contributed by atoms with Crippen LogP contribution in [0, 0.1) is 6.92 Å². The van der Waals surface area contributed by atoms with Gasteiger partial charge in [0.05, 0.1) is 12.2 Å². The van der Waals surface area contributed by atoms with Gasteiger partial charge >= 0.3 is 0 Å². The second-order valence-corrected chi connectivity index (χ2v) is 5.15. The Labute approximate surface area is 119 Å². The average Bonchev–Trinajstić information content (AvgIpc) is 2.41. The first-order valence-electron chi connectivity index (χ1n) is 6.80. The van der Waals surface area contributed by atoms with Crippen LogP contribution in [0.5, 0.6) is 0 Å². The van der Waals surface area contributed by atoms with Gasteiger partial charge in [-0.3, -0.25) is 4.79 Å². The molecule has 0 radical (unpaired) electrons. The maximum atomic E-state index is 12.0. The van der Waals surface area contributed by atoms with Crippen molar-refractivity contribution in [1.29, 1.82) is 0 Å². The first-order valence-corrected chi connectivity index (χ1v) is 6.80. The number of carbonyl (C=O) groups excluding carboxylic acids is 1. The molecule has 2 aromatic rings. The standard InChI is InChI=1S/C18H17NO/c1-13-6-5-8-16-12-19(14(2)20)18-9-4-3-7-15(18)10-11-17(13)16/h3-11H,12H2,1-2H3. The summed E-state index contributed by atoms with van der Waals surface area (Å²) in [5.74, 6) is 0.0696. The molecule has 1 aliphatic rings. The lowest BCUT2D eigenvalue weighted by molar-refractivity contribution is -0.116. The Morgan fingerprint density at radius 3 is 2.65 bits per heavy atom. The van der Waals surface area contributed by atoms with Crippen molar-refractivity contribution in [3.8, 4) is 0 Å².